The molecule has 0 spiro atoms. The molecule has 0 radical (unpaired) electrons. The molecule has 0 aliphatic rings. The molecule has 0 bridgehead atoms. The molecule has 6 heteroatoms. The summed E-state index contributed by atoms with van der Waals surface area (Å²) >= 11 is 0. The normalized spacial score (nSPS) is 13.6. The lowest BCUT2D eigenvalue weighted by molar-refractivity contribution is 0.681. The predicted molar refractivity (Wildman–Crippen MR) is 150 cm³/mol. The number of nitrogens with zero attached hydrogens (tertiary/aromatic N) is 3. The van der Waals surface area contributed by atoms with Gasteiger partial charge in [0.15, 0.2) is 0 Å². The van der Waals surface area contributed by atoms with Gasteiger partial charge >= 0.3 is 0 Å². The van der Waals surface area contributed by atoms with Gasteiger partial charge in [-0.15, -0.1) is 0 Å². The molecule has 0 amide bonds. The Hall–Kier alpha value is -4.45. The highest BCUT2D eigenvalue weighted by atomic mass is 15.1. The van der Waals surface area contributed by atoms with Gasteiger partial charge in [-0.05, 0) is 80.8 Å². The third-order valence-corrected chi connectivity index (χ3v) is 5.87. The molecular weight excluding hydrogens is 444 g/mol. The van der Waals surface area contributed by atoms with E-state index in [-0.39, 0.29) is 0 Å². The molecule has 0 aliphatic heterocycles. The summed E-state index contributed by atoms with van der Waals surface area (Å²) in [5.74, 6) is 0. The summed E-state index contributed by atoms with van der Waals surface area (Å²) in [5, 5.41) is 14.1. The van der Waals surface area contributed by atoms with E-state index in [1.165, 1.54) is 0 Å². The van der Waals surface area contributed by atoms with Crippen molar-refractivity contribution >= 4 is 23.2 Å². The van der Waals surface area contributed by atoms with Crippen molar-refractivity contribution in [3.05, 3.63) is 102 Å². The van der Waals surface area contributed by atoms with Crippen molar-refractivity contribution in [3.8, 4) is 22.5 Å². The molecule has 4 rings (SSSR count). The van der Waals surface area contributed by atoms with Crippen LogP contribution in [-0.4, -0.2) is 31.2 Å². The summed E-state index contributed by atoms with van der Waals surface area (Å²) in [7, 11) is 0. The van der Waals surface area contributed by atoms with Crippen LogP contribution < -0.4 is 15.9 Å². The average molecular weight is 477 g/mol. The maximum atomic E-state index is 4.65. The van der Waals surface area contributed by atoms with Gasteiger partial charge in [-0.2, -0.15) is 5.10 Å². The number of rotatable bonds is 8. The molecule has 0 aliphatic carbocycles. The third-order valence-electron chi connectivity index (χ3n) is 5.87. The summed E-state index contributed by atoms with van der Waals surface area (Å²) in [6.45, 7) is 16.5. The van der Waals surface area contributed by atoms with Crippen LogP contribution in [0.25, 0.3) is 45.7 Å². The van der Waals surface area contributed by atoms with Crippen molar-refractivity contribution in [2.45, 2.75) is 33.7 Å². The molecule has 36 heavy (non-hydrogen) atoms. The van der Waals surface area contributed by atoms with Crippen molar-refractivity contribution in [2.24, 2.45) is 0 Å². The second-order valence-corrected chi connectivity index (χ2v) is 8.75. The Bertz CT molecular complexity index is 1580. The number of fused-ring (bicyclic) bond motifs is 1. The second kappa shape index (κ2) is 10.9. The summed E-state index contributed by atoms with van der Waals surface area (Å²) in [5.41, 5.74) is 7.42. The van der Waals surface area contributed by atoms with Gasteiger partial charge in [0.25, 0.3) is 0 Å². The van der Waals surface area contributed by atoms with Gasteiger partial charge < -0.3 is 10.3 Å². The van der Waals surface area contributed by atoms with E-state index in [0.29, 0.717) is 6.04 Å². The first-order chi connectivity index (χ1) is 17.4. The minimum atomic E-state index is 0.304. The van der Waals surface area contributed by atoms with Gasteiger partial charge in [0.2, 0.25) is 0 Å². The zero-order chi connectivity index (χ0) is 25.7. The maximum Gasteiger partial charge on any atom is 0.138 e. The molecule has 0 aromatic carbocycles. The van der Waals surface area contributed by atoms with Crippen LogP contribution in [-0.2, 0) is 0 Å². The first kappa shape index (κ1) is 24.7. The monoisotopic (exact) mass is 476 g/mol. The van der Waals surface area contributed by atoms with Gasteiger partial charge in [0.05, 0.1) is 11.0 Å². The van der Waals surface area contributed by atoms with Crippen molar-refractivity contribution < 1.29 is 0 Å². The van der Waals surface area contributed by atoms with Crippen LogP contribution in [0.15, 0.2) is 91.1 Å². The molecule has 0 atom stereocenters. The highest BCUT2D eigenvalue weighted by Gasteiger charge is 2.13. The van der Waals surface area contributed by atoms with E-state index >= 15 is 0 Å². The molecule has 4 aromatic heterocycles. The number of allylic oxidation sites excluding steroid dienone is 5. The van der Waals surface area contributed by atoms with Gasteiger partial charge in [0, 0.05) is 46.5 Å². The van der Waals surface area contributed by atoms with Crippen LogP contribution >= 0.6 is 0 Å². The zero-order valence-electron chi connectivity index (χ0n) is 21.3. The summed E-state index contributed by atoms with van der Waals surface area (Å²) in [6, 6.07) is 8.40. The number of H-pyrrole nitrogens is 2. The number of aromatic amines is 2. The van der Waals surface area contributed by atoms with E-state index in [2.05, 4.69) is 75.7 Å². The Kier molecular flexibility index (Phi) is 7.44. The molecule has 182 valence electrons. The highest BCUT2D eigenvalue weighted by molar-refractivity contribution is 5.95. The lowest BCUT2D eigenvalue weighted by atomic mass is 10.0. The Balaban J connectivity index is 1.81. The highest BCUT2D eigenvalue weighted by Crippen LogP contribution is 2.29. The van der Waals surface area contributed by atoms with Crippen LogP contribution in [0.1, 0.15) is 27.7 Å². The van der Waals surface area contributed by atoms with Crippen LogP contribution in [0.4, 0.5) is 0 Å². The van der Waals surface area contributed by atoms with Gasteiger partial charge in [-0.25, -0.2) is 4.98 Å². The average Bonchev–Trinajstić information content (AvgIpc) is 3.50. The van der Waals surface area contributed by atoms with E-state index in [1.54, 1.807) is 6.20 Å². The maximum absolute atomic E-state index is 4.65. The van der Waals surface area contributed by atoms with Crippen molar-refractivity contribution in [2.75, 3.05) is 0 Å². The quantitative estimate of drug-likeness (QED) is 0.307. The predicted octanol–water partition coefficient (Wildman–Crippen LogP) is 5.17. The minimum Gasteiger partial charge on any atom is -0.383 e. The van der Waals surface area contributed by atoms with Crippen LogP contribution in [0.2, 0.25) is 0 Å². The fourth-order valence-corrected chi connectivity index (χ4v) is 4.14. The van der Waals surface area contributed by atoms with Gasteiger partial charge in [-0.1, -0.05) is 31.4 Å². The van der Waals surface area contributed by atoms with E-state index in [0.717, 1.165) is 61.0 Å². The molecule has 0 saturated carbocycles. The van der Waals surface area contributed by atoms with Crippen LogP contribution in [0.3, 0.4) is 0 Å². The molecule has 4 aromatic rings. The Morgan fingerprint density at radius 3 is 2.67 bits per heavy atom. The number of aromatic nitrogens is 5. The fourth-order valence-electron chi connectivity index (χ4n) is 4.14. The Morgan fingerprint density at radius 1 is 1.17 bits per heavy atom. The Morgan fingerprint density at radius 2 is 2.00 bits per heavy atom. The number of nitrogens with one attached hydrogen (secondary N) is 3. The number of hydrogen-bond donors (Lipinski definition) is 3. The van der Waals surface area contributed by atoms with Crippen LogP contribution in [0.5, 0.6) is 0 Å². The third kappa shape index (κ3) is 5.13. The molecule has 6 nitrogen and oxygen atoms in total. The van der Waals surface area contributed by atoms with E-state index in [1.807, 2.05) is 62.7 Å². The molecule has 0 unspecified atom stereocenters. The fraction of sp³-hybridized carbons (Fsp3) is 0.167. The van der Waals surface area contributed by atoms with E-state index in [4.69, 9.17) is 0 Å². The van der Waals surface area contributed by atoms with Gasteiger partial charge in [0.1, 0.15) is 11.3 Å². The standard InChI is InChI=1S/C30H32N6/c1-7-21(16-23(8-2)33-19(4)5)20(6)15-26-27(9-3)35-36-29(26)28-17-25-24(12-14-32-30(25)34-28)22-11-10-13-31-18-22/h7-19,33,35H,2,6H2,1,3-5H3,(H,32,34)/b21-7+,23-16+,26-15+,27-9+. The smallest absolute Gasteiger partial charge is 0.138 e. The van der Waals surface area contributed by atoms with Crippen molar-refractivity contribution in [3.63, 3.8) is 0 Å². The molecule has 0 saturated heterocycles. The lowest BCUT2D eigenvalue weighted by Gasteiger charge is -2.12. The van der Waals surface area contributed by atoms with E-state index < -0.39 is 0 Å². The summed E-state index contributed by atoms with van der Waals surface area (Å²) in [4.78, 5) is 12.3. The SMILES string of the molecule is C=C/C(=C\C(=C/C)C(=C)/C=c1/c(-c2cc3c(-c4cccnc4)ccnc3[nH]2)n[nH]/c1=C/C)NC(C)C. The second-order valence-electron chi connectivity index (χ2n) is 8.75. The minimum absolute atomic E-state index is 0.304. The van der Waals surface area contributed by atoms with E-state index in [9.17, 15) is 0 Å². The zero-order valence-corrected chi connectivity index (χ0v) is 21.3. The molecule has 3 N–H and O–H groups in total. The molecule has 4 heterocycles. The largest absolute Gasteiger partial charge is 0.383 e. The lowest BCUT2D eigenvalue weighted by Crippen LogP contribution is -2.24. The molecular formula is C30H32N6. The Labute approximate surface area is 211 Å². The van der Waals surface area contributed by atoms with Crippen LogP contribution in [0, 0.1) is 0 Å². The van der Waals surface area contributed by atoms with Gasteiger partial charge in [-0.3, -0.25) is 10.1 Å². The van der Waals surface area contributed by atoms with Crippen molar-refractivity contribution in [1.29, 1.82) is 0 Å². The van der Waals surface area contributed by atoms with Crippen molar-refractivity contribution in [1.82, 2.24) is 30.5 Å². The topological polar surface area (TPSA) is 82.3 Å². The molecule has 0 fully saturated rings. The summed E-state index contributed by atoms with van der Waals surface area (Å²) < 4.78 is 0. The summed E-state index contributed by atoms with van der Waals surface area (Å²) in [6.07, 6.45) is 15.5. The first-order valence-corrected chi connectivity index (χ1v) is 12.0. The number of pyridine rings is 2. The first-order valence-electron chi connectivity index (χ1n) is 12.0. The number of hydrogen-bond acceptors (Lipinski definition) is 4.